The van der Waals surface area contributed by atoms with Crippen molar-refractivity contribution in [1.29, 1.82) is 0 Å². The highest BCUT2D eigenvalue weighted by Gasteiger charge is 2.10. The van der Waals surface area contributed by atoms with Gasteiger partial charge in [-0.3, -0.25) is 14.8 Å². The lowest BCUT2D eigenvalue weighted by atomic mass is 10.3. The van der Waals surface area contributed by atoms with E-state index in [4.69, 9.17) is 0 Å². The fourth-order valence-electron chi connectivity index (χ4n) is 1.57. The molecule has 0 aliphatic rings. The molecule has 2 heterocycles. The number of nitrogens with one attached hydrogen (secondary N) is 2. The van der Waals surface area contributed by atoms with Crippen molar-refractivity contribution < 1.29 is 4.92 Å². The minimum absolute atomic E-state index is 0.000870. The van der Waals surface area contributed by atoms with Gasteiger partial charge in [0.1, 0.15) is 11.6 Å². The Bertz CT molecular complexity index is 554. The number of hydrogen-bond donors (Lipinski definition) is 2. The van der Waals surface area contributed by atoms with E-state index in [-0.39, 0.29) is 5.69 Å². The molecular weight excluding hydrogens is 248 g/mol. The van der Waals surface area contributed by atoms with Crippen LogP contribution < -0.4 is 10.6 Å². The van der Waals surface area contributed by atoms with Crippen LogP contribution in [0.5, 0.6) is 0 Å². The third kappa shape index (κ3) is 3.41. The number of hydrogen-bond acceptors (Lipinski definition) is 6. The lowest BCUT2D eigenvalue weighted by Crippen LogP contribution is -2.12. The first kappa shape index (κ1) is 12.8. The van der Waals surface area contributed by atoms with E-state index in [1.165, 1.54) is 12.1 Å². The summed E-state index contributed by atoms with van der Waals surface area (Å²) in [4.78, 5) is 14.5. The molecule has 0 aromatic carbocycles. The zero-order valence-corrected chi connectivity index (χ0v) is 10.4. The molecule has 0 amide bonds. The van der Waals surface area contributed by atoms with Crippen LogP contribution in [0.25, 0.3) is 0 Å². The Morgan fingerprint density at radius 2 is 2.21 bits per heavy atom. The maximum atomic E-state index is 10.8. The van der Waals surface area contributed by atoms with Gasteiger partial charge in [-0.05, 0) is 6.07 Å². The van der Waals surface area contributed by atoms with Gasteiger partial charge in [-0.15, -0.1) is 0 Å². The second kappa shape index (κ2) is 5.80. The van der Waals surface area contributed by atoms with Crippen LogP contribution in [0.2, 0.25) is 0 Å². The van der Waals surface area contributed by atoms with Crippen molar-refractivity contribution in [3.63, 3.8) is 0 Å². The largest absolute Gasteiger partial charge is 0.373 e. The lowest BCUT2D eigenvalue weighted by molar-refractivity contribution is -0.384. The Kier molecular flexibility index (Phi) is 3.91. The minimum atomic E-state index is -0.443. The van der Waals surface area contributed by atoms with Crippen molar-refractivity contribution in [3.05, 3.63) is 40.7 Å². The Labute approximate surface area is 109 Å². The molecule has 0 radical (unpaired) electrons. The van der Waals surface area contributed by atoms with Crippen LogP contribution in [-0.4, -0.2) is 33.3 Å². The Morgan fingerprint density at radius 3 is 2.84 bits per heavy atom. The summed E-state index contributed by atoms with van der Waals surface area (Å²) in [6.45, 7) is 1.24. The second-order valence-corrected chi connectivity index (χ2v) is 3.80. The fraction of sp³-hybridized carbons (Fsp3) is 0.273. The molecule has 0 aliphatic carbocycles. The molecule has 0 spiro atoms. The highest BCUT2D eigenvalue weighted by atomic mass is 16.6. The van der Waals surface area contributed by atoms with E-state index < -0.39 is 4.92 Å². The van der Waals surface area contributed by atoms with Gasteiger partial charge >= 0.3 is 0 Å². The highest BCUT2D eigenvalue weighted by Crippen LogP contribution is 2.20. The average Bonchev–Trinajstić information content (AvgIpc) is 2.91. The van der Waals surface area contributed by atoms with Crippen LogP contribution in [0.3, 0.4) is 0 Å². The van der Waals surface area contributed by atoms with Gasteiger partial charge in [0.25, 0.3) is 5.69 Å². The van der Waals surface area contributed by atoms with E-state index >= 15 is 0 Å². The maximum absolute atomic E-state index is 10.8. The third-order valence-electron chi connectivity index (χ3n) is 2.48. The van der Waals surface area contributed by atoms with E-state index in [0.717, 1.165) is 0 Å². The lowest BCUT2D eigenvalue weighted by Gasteiger charge is -2.07. The van der Waals surface area contributed by atoms with E-state index in [9.17, 15) is 10.1 Å². The zero-order chi connectivity index (χ0) is 13.7. The predicted molar refractivity (Wildman–Crippen MR) is 71.2 cm³/mol. The van der Waals surface area contributed by atoms with Gasteiger partial charge in [-0.2, -0.15) is 5.10 Å². The van der Waals surface area contributed by atoms with Crippen molar-refractivity contribution in [3.8, 4) is 0 Å². The van der Waals surface area contributed by atoms with E-state index in [1.807, 2.05) is 12.3 Å². The van der Waals surface area contributed by atoms with Crippen LogP contribution in [0.15, 0.2) is 30.6 Å². The summed E-state index contributed by atoms with van der Waals surface area (Å²) in [5.74, 6) is 0.918. The van der Waals surface area contributed by atoms with Crippen LogP contribution >= 0.6 is 0 Å². The van der Waals surface area contributed by atoms with Gasteiger partial charge in [-0.1, -0.05) is 0 Å². The summed E-state index contributed by atoms with van der Waals surface area (Å²) < 4.78 is 1.77. The standard InChI is InChI=1S/C11H14N6O2/c1-12-10-7-9(17(18)19)8-11(15-10)13-4-6-16-5-2-3-14-16/h2-3,5,7-8H,4,6H2,1H3,(H2,12,13,15). The van der Waals surface area contributed by atoms with E-state index in [1.54, 1.807) is 17.9 Å². The summed E-state index contributed by atoms with van der Waals surface area (Å²) in [5.41, 5.74) is 0.000870. The molecule has 2 aromatic heterocycles. The summed E-state index contributed by atoms with van der Waals surface area (Å²) in [6, 6.07) is 4.63. The van der Waals surface area contributed by atoms with Gasteiger partial charge in [0.15, 0.2) is 0 Å². The zero-order valence-electron chi connectivity index (χ0n) is 10.4. The van der Waals surface area contributed by atoms with Crippen LogP contribution in [0.4, 0.5) is 17.3 Å². The second-order valence-electron chi connectivity index (χ2n) is 3.80. The van der Waals surface area contributed by atoms with E-state index in [2.05, 4.69) is 20.7 Å². The summed E-state index contributed by atoms with van der Waals surface area (Å²) >= 11 is 0. The monoisotopic (exact) mass is 262 g/mol. The molecule has 8 nitrogen and oxygen atoms in total. The SMILES string of the molecule is CNc1cc([N+](=O)[O-])cc(NCCn2cccn2)n1. The smallest absolute Gasteiger partial charge is 0.276 e. The van der Waals surface area contributed by atoms with Gasteiger partial charge < -0.3 is 10.6 Å². The molecule has 2 rings (SSSR count). The molecule has 0 atom stereocenters. The van der Waals surface area contributed by atoms with Crippen molar-refractivity contribution in [2.45, 2.75) is 6.54 Å². The molecular formula is C11H14N6O2. The number of anilines is 2. The molecule has 2 aromatic rings. The minimum Gasteiger partial charge on any atom is -0.373 e. The third-order valence-corrected chi connectivity index (χ3v) is 2.48. The Hall–Kier alpha value is -2.64. The average molecular weight is 262 g/mol. The van der Waals surface area contributed by atoms with Crippen LogP contribution in [0, 0.1) is 10.1 Å². The molecule has 0 saturated carbocycles. The van der Waals surface area contributed by atoms with Gasteiger partial charge in [0.2, 0.25) is 0 Å². The van der Waals surface area contributed by atoms with Crippen molar-refractivity contribution in [2.75, 3.05) is 24.2 Å². The molecule has 0 fully saturated rings. The molecule has 2 N–H and O–H groups in total. The molecule has 0 aliphatic heterocycles. The molecule has 19 heavy (non-hydrogen) atoms. The molecule has 0 bridgehead atoms. The topological polar surface area (TPSA) is 97.9 Å². The van der Waals surface area contributed by atoms with Gasteiger partial charge in [0, 0.05) is 26.0 Å². The van der Waals surface area contributed by atoms with Gasteiger partial charge in [-0.25, -0.2) is 4.98 Å². The predicted octanol–water partition coefficient (Wildman–Crippen LogP) is 1.34. The van der Waals surface area contributed by atoms with Gasteiger partial charge in [0.05, 0.1) is 23.6 Å². The molecule has 8 heteroatoms. The van der Waals surface area contributed by atoms with Crippen LogP contribution in [-0.2, 0) is 6.54 Å². The Balaban J connectivity index is 2.02. The molecule has 100 valence electrons. The summed E-state index contributed by atoms with van der Waals surface area (Å²) in [5, 5.41) is 20.7. The summed E-state index contributed by atoms with van der Waals surface area (Å²) in [6.07, 6.45) is 3.55. The molecule has 0 saturated heterocycles. The van der Waals surface area contributed by atoms with Crippen LogP contribution in [0.1, 0.15) is 0 Å². The number of rotatable bonds is 6. The first-order valence-corrected chi connectivity index (χ1v) is 5.74. The number of nitrogens with zero attached hydrogens (tertiary/aromatic N) is 4. The van der Waals surface area contributed by atoms with E-state index in [0.29, 0.717) is 24.7 Å². The fourth-order valence-corrected chi connectivity index (χ4v) is 1.57. The summed E-state index contributed by atoms with van der Waals surface area (Å²) in [7, 11) is 1.67. The normalized spacial score (nSPS) is 10.2. The first-order chi connectivity index (χ1) is 9.19. The number of aromatic nitrogens is 3. The maximum Gasteiger partial charge on any atom is 0.276 e. The first-order valence-electron chi connectivity index (χ1n) is 5.74. The Morgan fingerprint density at radius 1 is 1.42 bits per heavy atom. The number of nitro groups is 1. The quantitative estimate of drug-likeness (QED) is 0.602. The number of pyridine rings is 1. The van der Waals surface area contributed by atoms with Crippen molar-refractivity contribution in [2.24, 2.45) is 0 Å². The van der Waals surface area contributed by atoms with Crippen molar-refractivity contribution >= 4 is 17.3 Å². The van der Waals surface area contributed by atoms with Crippen molar-refractivity contribution in [1.82, 2.24) is 14.8 Å². The highest BCUT2D eigenvalue weighted by molar-refractivity contribution is 5.54. The molecule has 0 unspecified atom stereocenters.